The zero-order valence-corrected chi connectivity index (χ0v) is 13.2. The third kappa shape index (κ3) is 5.19. The number of nitro groups is 1. The summed E-state index contributed by atoms with van der Waals surface area (Å²) < 4.78 is 0.534. The predicted molar refractivity (Wildman–Crippen MR) is 82.6 cm³/mol. The maximum atomic E-state index is 10.9. The largest absolute Gasteiger partial charge is 0.396 e. The molecule has 1 rings (SSSR count). The van der Waals surface area contributed by atoms with E-state index < -0.39 is 0 Å². The van der Waals surface area contributed by atoms with E-state index in [1.165, 1.54) is 6.07 Å². The van der Waals surface area contributed by atoms with Crippen LogP contribution in [0, 0.1) is 16.0 Å². The maximum absolute atomic E-state index is 10.9. The Balaban J connectivity index is 2.57. The molecule has 1 aromatic rings. The second-order valence-electron chi connectivity index (χ2n) is 4.81. The lowest BCUT2D eigenvalue weighted by Crippen LogP contribution is -2.23. The number of nitro benzene ring substituents is 1. The van der Waals surface area contributed by atoms with E-state index in [-0.39, 0.29) is 17.2 Å². The van der Waals surface area contributed by atoms with Crippen molar-refractivity contribution in [3.8, 4) is 0 Å². The van der Waals surface area contributed by atoms with Crippen molar-refractivity contribution in [3.05, 3.63) is 38.3 Å². The van der Waals surface area contributed by atoms with Crippen LogP contribution in [0.4, 0.5) is 5.69 Å². The van der Waals surface area contributed by atoms with Crippen LogP contribution < -0.4 is 5.32 Å². The quantitative estimate of drug-likeness (QED) is 0.532. The van der Waals surface area contributed by atoms with E-state index in [0.29, 0.717) is 16.9 Å². The molecular formula is C14H21BrN2O3. The van der Waals surface area contributed by atoms with Gasteiger partial charge in [-0.25, -0.2) is 0 Å². The van der Waals surface area contributed by atoms with Crippen LogP contribution in [0.15, 0.2) is 22.7 Å². The van der Waals surface area contributed by atoms with Crippen molar-refractivity contribution in [3.63, 3.8) is 0 Å². The molecule has 112 valence electrons. The van der Waals surface area contributed by atoms with Crippen LogP contribution in [0.1, 0.15) is 31.7 Å². The molecule has 2 N–H and O–H groups in total. The zero-order valence-electron chi connectivity index (χ0n) is 11.6. The summed E-state index contributed by atoms with van der Waals surface area (Å²) in [5.41, 5.74) is 0.961. The minimum atomic E-state index is -0.390. The molecule has 1 unspecified atom stereocenters. The lowest BCUT2D eigenvalue weighted by atomic mass is 10.0. The molecule has 0 radical (unpaired) electrons. The van der Waals surface area contributed by atoms with E-state index in [2.05, 4.69) is 28.2 Å². The molecular weight excluding hydrogens is 324 g/mol. The van der Waals surface area contributed by atoms with Gasteiger partial charge in [0, 0.05) is 19.2 Å². The molecule has 0 bridgehead atoms. The molecule has 0 fully saturated rings. The highest BCUT2D eigenvalue weighted by atomic mass is 79.9. The zero-order chi connectivity index (χ0) is 15.0. The topological polar surface area (TPSA) is 75.4 Å². The molecule has 0 heterocycles. The Bertz CT molecular complexity index is 434. The Morgan fingerprint density at radius 3 is 2.80 bits per heavy atom. The van der Waals surface area contributed by atoms with E-state index >= 15 is 0 Å². The van der Waals surface area contributed by atoms with Crippen LogP contribution in [0.2, 0.25) is 0 Å². The summed E-state index contributed by atoms with van der Waals surface area (Å²) >= 11 is 3.29. The molecule has 1 aromatic carbocycles. The summed E-state index contributed by atoms with van der Waals surface area (Å²) in [5.74, 6) is 0.447. The summed E-state index contributed by atoms with van der Waals surface area (Å²) in [6.07, 6.45) is 2.95. The van der Waals surface area contributed by atoms with Crippen molar-refractivity contribution < 1.29 is 10.0 Å². The average Bonchev–Trinajstić information content (AvgIpc) is 2.41. The van der Waals surface area contributed by atoms with Crippen molar-refractivity contribution in [2.75, 3.05) is 13.2 Å². The molecule has 5 nitrogen and oxygen atoms in total. The molecule has 6 heteroatoms. The third-order valence-electron chi connectivity index (χ3n) is 3.24. The van der Waals surface area contributed by atoms with Crippen molar-refractivity contribution in [2.24, 2.45) is 5.92 Å². The van der Waals surface area contributed by atoms with Gasteiger partial charge in [-0.05, 0) is 46.8 Å². The van der Waals surface area contributed by atoms with Crippen molar-refractivity contribution in [1.29, 1.82) is 0 Å². The second kappa shape index (κ2) is 9.05. The molecule has 0 aliphatic heterocycles. The van der Waals surface area contributed by atoms with Crippen molar-refractivity contribution in [2.45, 2.75) is 32.7 Å². The highest BCUT2D eigenvalue weighted by Crippen LogP contribution is 2.28. The van der Waals surface area contributed by atoms with Gasteiger partial charge in [-0.2, -0.15) is 0 Å². The second-order valence-corrected chi connectivity index (χ2v) is 5.60. The lowest BCUT2D eigenvalue weighted by Gasteiger charge is -2.16. The summed E-state index contributed by atoms with van der Waals surface area (Å²) in [4.78, 5) is 10.5. The first-order chi connectivity index (χ1) is 9.60. The Labute approximate surface area is 127 Å². The number of nitrogens with one attached hydrogen (secondary N) is 1. The van der Waals surface area contributed by atoms with Crippen molar-refractivity contribution >= 4 is 21.6 Å². The first-order valence-corrected chi connectivity index (χ1v) is 7.62. The number of nitrogens with zero attached hydrogens (tertiary/aromatic N) is 1. The minimum absolute atomic E-state index is 0.0877. The molecule has 0 aromatic heterocycles. The van der Waals surface area contributed by atoms with Crippen LogP contribution in [-0.2, 0) is 6.54 Å². The van der Waals surface area contributed by atoms with Crippen LogP contribution in [0.25, 0.3) is 0 Å². The molecule has 0 saturated heterocycles. The number of benzene rings is 1. The third-order valence-corrected chi connectivity index (χ3v) is 4.15. The molecule has 0 spiro atoms. The number of aliphatic hydroxyl groups excluding tert-OH is 1. The molecule has 0 amide bonds. The van der Waals surface area contributed by atoms with Crippen LogP contribution in [0.5, 0.6) is 0 Å². The van der Waals surface area contributed by atoms with Crippen molar-refractivity contribution in [1.82, 2.24) is 5.32 Å². The fraction of sp³-hybridized carbons (Fsp3) is 0.571. The van der Waals surface area contributed by atoms with Gasteiger partial charge in [0.05, 0.1) is 9.40 Å². The number of aliphatic hydroxyl groups is 1. The fourth-order valence-corrected chi connectivity index (χ4v) is 2.74. The normalized spacial score (nSPS) is 12.3. The number of hydrogen-bond donors (Lipinski definition) is 2. The van der Waals surface area contributed by atoms with Gasteiger partial charge >= 0.3 is 0 Å². The fourth-order valence-electron chi connectivity index (χ4n) is 2.19. The van der Waals surface area contributed by atoms with Crippen LogP contribution in [0.3, 0.4) is 0 Å². The molecule has 0 aliphatic rings. The maximum Gasteiger partial charge on any atom is 0.283 e. The summed E-state index contributed by atoms with van der Waals surface area (Å²) in [7, 11) is 0. The van der Waals surface area contributed by atoms with Gasteiger partial charge in [-0.3, -0.25) is 10.1 Å². The van der Waals surface area contributed by atoms with Gasteiger partial charge in [0.25, 0.3) is 5.69 Å². The summed E-state index contributed by atoms with van der Waals surface area (Å²) in [6.45, 7) is 3.71. The first kappa shape index (κ1) is 17.1. The molecule has 0 saturated carbocycles. The highest BCUT2D eigenvalue weighted by molar-refractivity contribution is 9.10. The van der Waals surface area contributed by atoms with Gasteiger partial charge < -0.3 is 10.4 Å². The minimum Gasteiger partial charge on any atom is -0.396 e. The summed E-state index contributed by atoms with van der Waals surface area (Å²) in [5, 5.41) is 23.2. The van der Waals surface area contributed by atoms with E-state index in [0.717, 1.165) is 31.4 Å². The summed E-state index contributed by atoms with van der Waals surface area (Å²) in [6, 6.07) is 5.04. The van der Waals surface area contributed by atoms with Gasteiger partial charge in [0.1, 0.15) is 0 Å². The Morgan fingerprint density at radius 2 is 2.20 bits per heavy atom. The van der Waals surface area contributed by atoms with Gasteiger partial charge in [0.2, 0.25) is 0 Å². The standard InChI is InChI=1S/C14H21BrN2O3/c1-2-4-11(7-8-18)9-16-10-12-5-3-6-13(14(12)15)17(19)20/h3,5-6,11,16,18H,2,4,7-10H2,1H3. The lowest BCUT2D eigenvalue weighted by molar-refractivity contribution is -0.385. The monoisotopic (exact) mass is 344 g/mol. The first-order valence-electron chi connectivity index (χ1n) is 6.83. The average molecular weight is 345 g/mol. The Kier molecular flexibility index (Phi) is 7.72. The van der Waals surface area contributed by atoms with E-state index in [1.807, 2.05) is 6.07 Å². The van der Waals surface area contributed by atoms with Gasteiger partial charge in [0.15, 0.2) is 0 Å². The Morgan fingerprint density at radius 1 is 1.45 bits per heavy atom. The van der Waals surface area contributed by atoms with E-state index in [4.69, 9.17) is 5.11 Å². The number of rotatable bonds is 9. The van der Waals surface area contributed by atoms with Crippen LogP contribution >= 0.6 is 15.9 Å². The highest BCUT2D eigenvalue weighted by Gasteiger charge is 2.14. The predicted octanol–water partition coefficient (Wildman–Crippen LogP) is 3.25. The molecule has 1 atom stereocenters. The number of halogens is 1. The van der Waals surface area contributed by atoms with Crippen LogP contribution in [-0.4, -0.2) is 23.2 Å². The molecule has 0 aliphatic carbocycles. The van der Waals surface area contributed by atoms with Gasteiger partial charge in [-0.15, -0.1) is 0 Å². The smallest absolute Gasteiger partial charge is 0.283 e. The Hall–Kier alpha value is -0.980. The SMILES string of the molecule is CCCC(CCO)CNCc1cccc([N+](=O)[O-])c1Br. The van der Waals surface area contributed by atoms with E-state index in [1.54, 1.807) is 6.07 Å². The number of hydrogen-bond acceptors (Lipinski definition) is 4. The van der Waals surface area contributed by atoms with Gasteiger partial charge in [-0.1, -0.05) is 25.5 Å². The molecule has 20 heavy (non-hydrogen) atoms. The van der Waals surface area contributed by atoms with E-state index in [9.17, 15) is 10.1 Å².